The molecule has 0 heterocycles. The summed E-state index contributed by atoms with van der Waals surface area (Å²) >= 11 is 0. The van der Waals surface area contributed by atoms with Crippen molar-refractivity contribution < 1.29 is 4.74 Å². The molecule has 0 radical (unpaired) electrons. The zero-order chi connectivity index (χ0) is 4.12. The quantitative estimate of drug-likeness (QED) is 0.570. The molecule has 0 atom stereocenters. The fraction of sp³-hybridized carbons (Fsp3) is 1.00. The third kappa shape index (κ3) is 19.0. The van der Waals surface area contributed by atoms with Gasteiger partial charge < -0.3 is 4.74 Å². The van der Waals surface area contributed by atoms with Gasteiger partial charge in [0.2, 0.25) is 0 Å². The molecule has 44 valence electrons. The van der Waals surface area contributed by atoms with Crippen LogP contribution in [0.25, 0.3) is 0 Å². The van der Waals surface area contributed by atoms with E-state index in [1.807, 2.05) is 13.8 Å². The Morgan fingerprint density at radius 2 is 1.43 bits per heavy atom. The van der Waals surface area contributed by atoms with Gasteiger partial charge in [0.1, 0.15) is 0 Å². The molecule has 1 nitrogen and oxygen atoms in total. The first-order valence-corrected chi connectivity index (χ1v) is 1.99. The normalized spacial score (nSPS) is 6.00. The number of hydrogen-bond acceptors (Lipinski definition) is 1. The molecule has 0 fully saturated rings. The molecule has 0 aromatic rings. The molecule has 0 rings (SSSR count). The largest absolute Gasteiger partial charge is 0.382 e. The molecule has 0 aromatic carbocycles. The molecule has 0 spiro atoms. The van der Waals surface area contributed by atoms with Crippen LogP contribution in [0.2, 0.25) is 0 Å². The minimum absolute atomic E-state index is 0. The molecule has 0 saturated heterocycles. The third-order valence-electron chi connectivity index (χ3n) is 0.408. The van der Waals surface area contributed by atoms with Crippen LogP contribution < -0.4 is 0 Å². The zero-order valence-corrected chi connectivity index (χ0v) is 5.94. The first kappa shape index (κ1) is 15.7. The average molecular weight is 181 g/mol. The Kier molecular flexibility index (Phi) is 35.2. The summed E-state index contributed by atoms with van der Waals surface area (Å²) in [6.45, 7) is 5.67. The summed E-state index contributed by atoms with van der Waals surface area (Å²) in [6.07, 6.45) is 0. The molecular formula is C4H13BrMgO. The van der Waals surface area contributed by atoms with E-state index in [0.29, 0.717) is 0 Å². The summed E-state index contributed by atoms with van der Waals surface area (Å²) in [5, 5.41) is 0. The van der Waals surface area contributed by atoms with Gasteiger partial charge in [-0.15, -0.1) is 17.0 Å². The third-order valence-corrected chi connectivity index (χ3v) is 0.408. The topological polar surface area (TPSA) is 9.23 Å². The van der Waals surface area contributed by atoms with Crippen LogP contribution >= 0.6 is 17.0 Å². The van der Waals surface area contributed by atoms with Crippen molar-refractivity contribution in [2.45, 2.75) is 13.8 Å². The van der Waals surface area contributed by atoms with Crippen LogP contribution in [0.5, 0.6) is 0 Å². The van der Waals surface area contributed by atoms with Crippen LogP contribution in [0.1, 0.15) is 13.8 Å². The average Bonchev–Trinajstić information content (AvgIpc) is 1.41. The SMILES string of the molecule is Br.CCOCC.[MgH2]. The molecule has 0 N–H and O–H groups in total. The molecular weight excluding hydrogens is 168 g/mol. The number of rotatable bonds is 2. The first-order chi connectivity index (χ1) is 2.41. The van der Waals surface area contributed by atoms with Crippen molar-refractivity contribution in [1.29, 1.82) is 0 Å². The van der Waals surface area contributed by atoms with Crippen molar-refractivity contribution in [1.82, 2.24) is 0 Å². The maximum absolute atomic E-state index is 4.83. The number of ether oxygens (including phenoxy) is 1. The second kappa shape index (κ2) is 15.7. The molecule has 0 bridgehead atoms. The van der Waals surface area contributed by atoms with Gasteiger partial charge in [0.15, 0.2) is 0 Å². The van der Waals surface area contributed by atoms with Gasteiger partial charge in [-0.05, 0) is 13.8 Å². The fourth-order valence-electron chi connectivity index (χ4n) is 0.204. The maximum Gasteiger partial charge on any atom is 0.316 e. The van der Waals surface area contributed by atoms with Crippen molar-refractivity contribution in [3.63, 3.8) is 0 Å². The van der Waals surface area contributed by atoms with Gasteiger partial charge in [0.25, 0.3) is 0 Å². The van der Waals surface area contributed by atoms with E-state index in [9.17, 15) is 0 Å². The molecule has 0 aliphatic carbocycles. The smallest absolute Gasteiger partial charge is 0.316 e. The maximum atomic E-state index is 4.83. The lowest BCUT2D eigenvalue weighted by molar-refractivity contribution is 0.162. The summed E-state index contributed by atoms with van der Waals surface area (Å²) < 4.78 is 4.83. The molecule has 7 heavy (non-hydrogen) atoms. The Balaban J connectivity index is -0.0000000800. The molecule has 3 heteroatoms. The molecule has 0 saturated carbocycles. The van der Waals surface area contributed by atoms with Gasteiger partial charge in [-0.1, -0.05) is 0 Å². The van der Waals surface area contributed by atoms with Crippen molar-refractivity contribution in [2.24, 2.45) is 0 Å². The van der Waals surface area contributed by atoms with Crippen LogP contribution in [0, 0.1) is 0 Å². The van der Waals surface area contributed by atoms with E-state index in [1.165, 1.54) is 0 Å². The Morgan fingerprint density at radius 1 is 1.14 bits per heavy atom. The lowest BCUT2D eigenvalue weighted by Gasteiger charge is -1.86. The van der Waals surface area contributed by atoms with Gasteiger partial charge in [-0.25, -0.2) is 0 Å². The van der Waals surface area contributed by atoms with Gasteiger partial charge >= 0.3 is 23.1 Å². The predicted octanol–water partition coefficient (Wildman–Crippen LogP) is 0.704. The molecule has 0 amide bonds. The fourth-order valence-corrected chi connectivity index (χ4v) is 0.204. The first-order valence-electron chi connectivity index (χ1n) is 1.99. The van der Waals surface area contributed by atoms with Crippen molar-refractivity contribution in [2.75, 3.05) is 13.2 Å². The highest BCUT2D eigenvalue weighted by Gasteiger charge is 1.64. The van der Waals surface area contributed by atoms with E-state index in [4.69, 9.17) is 4.74 Å². The van der Waals surface area contributed by atoms with Crippen LogP contribution in [-0.2, 0) is 4.74 Å². The highest BCUT2D eigenvalue weighted by atomic mass is 79.9. The predicted molar refractivity (Wildman–Crippen MR) is 41.0 cm³/mol. The summed E-state index contributed by atoms with van der Waals surface area (Å²) in [7, 11) is 0. The highest BCUT2D eigenvalue weighted by Crippen LogP contribution is 1.64. The summed E-state index contributed by atoms with van der Waals surface area (Å²) in [4.78, 5) is 0. The second-order valence-electron chi connectivity index (χ2n) is 0.781. The monoisotopic (exact) mass is 180 g/mol. The van der Waals surface area contributed by atoms with Crippen LogP contribution in [-0.4, -0.2) is 36.3 Å². The van der Waals surface area contributed by atoms with Crippen molar-refractivity contribution in [3.8, 4) is 0 Å². The van der Waals surface area contributed by atoms with Gasteiger partial charge in [-0.2, -0.15) is 0 Å². The Bertz CT molecular complexity index is 19.2. The van der Waals surface area contributed by atoms with Gasteiger partial charge in [-0.3, -0.25) is 0 Å². The van der Waals surface area contributed by atoms with E-state index in [2.05, 4.69) is 0 Å². The van der Waals surface area contributed by atoms with E-state index < -0.39 is 0 Å². The Morgan fingerprint density at radius 3 is 1.43 bits per heavy atom. The van der Waals surface area contributed by atoms with Crippen LogP contribution in [0.15, 0.2) is 0 Å². The summed E-state index contributed by atoms with van der Waals surface area (Å²) in [6, 6.07) is 0. The van der Waals surface area contributed by atoms with E-state index in [0.717, 1.165) is 13.2 Å². The number of halogens is 1. The van der Waals surface area contributed by atoms with Gasteiger partial charge in [0.05, 0.1) is 0 Å². The second-order valence-corrected chi connectivity index (χ2v) is 0.781. The Hall–Kier alpha value is 1.21. The van der Waals surface area contributed by atoms with E-state index >= 15 is 0 Å². The molecule has 0 aromatic heterocycles. The standard InChI is InChI=1S/C4H10O.BrH.Mg.2H/c1-3-5-4-2;;;;/h3-4H2,1-2H3;1H;;;. The molecule has 0 aliphatic heterocycles. The summed E-state index contributed by atoms with van der Waals surface area (Å²) in [5.74, 6) is 0. The van der Waals surface area contributed by atoms with Crippen molar-refractivity contribution >= 4 is 40.0 Å². The minimum atomic E-state index is 0. The van der Waals surface area contributed by atoms with Crippen LogP contribution in [0.4, 0.5) is 0 Å². The highest BCUT2D eigenvalue weighted by molar-refractivity contribution is 8.93. The van der Waals surface area contributed by atoms with Crippen LogP contribution in [0.3, 0.4) is 0 Å². The van der Waals surface area contributed by atoms with Gasteiger partial charge in [0, 0.05) is 13.2 Å². The van der Waals surface area contributed by atoms with E-state index in [-0.39, 0.29) is 40.0 Å². The lowest BCUT2D eigenvalue weighted by atomic mass is 10.8. The van der Waals surface area contributed by atoms with E-state index in [1.54, 1.807) is 0 Å². The van der Waals surface area contributed by atoms with Crippen molar-refractivity contribution in [3.05, 3.63) is 0 Å². The minimum Gasteiger partial charge on any atom is -0.382 e. The molecule has 0 aliphatic rings. The number of hydrogen-bond donors (Lipinski definition) is 0. The zero-order valence-electron chi connectivity index (χ0n) is 4.23. The summed E-state index contributed by atoms with van der Waals surface area (Å²) in [5.41, 5.74) is 0. The lowest BCUT2D eigenvalue weighted by Crippen LogP contribution is -1.84. The molecule has 0 unspecified atom stereocenters. The Labute approximate surface area is 71.7 Å².